The van der Waals surface area contributed by atoms with E-state index in [9.17, 15) is 19.2 Å². The maximum absolute atomic E-state index is 11.1. The Morgan fingerprint density at radius 1 is 1.00 bits per heavy atom. The average molecular weight is 199 g/mol. The SMILES string of the molecule is O=C1CC(C2CC(=O)OC2=[OH+])C(=O)O1. The summed E-state index contributed by atoms with van der Waals surface area (Å²) >= 11 is 0. The molecule has 0 radical (unpaired) electrons. The van der Waals surface area contributed by atoms with Crippen LogP contribution in [0.15, 0.2) is 0 Å². The van der Waals surface area contributed by atoms with Crippen molar-refractivity contribution in [2.24, 2.45) is 11.8 Å². The van der Waals surface area contributed by atoms with E-state index < -0.39 is 35.7 Å². The fraction of sp³-hybridized carbons (Fsp3) is 0.500. The van der Waals surface area contributed by atoms with Crippen molar-refractivity contribution in [3.8, 4) is 0 Å². The van der Waals surface area contributed by atoms with E-state index in [2.05, 4.69) is 9.47 Å². The van der Waals surface area contributed by atoms with E-state index in [0.717, 1.165) is 0 Å². The highest BCUT2D eigenvalue weighted by Gasteiger charge is 2.53. The van der Waals surface area contributed by atoms with Crippen molar-refractivity contribution in [1.82, 2.24) is 0 Å². The topological polar surface area (TPSA) is 91.1 Å². The lowest BCUT2D eigenvalue weighted by Gasteiger charge is -2.02. The maximum Gasteiger partial charge on any atom is 0.496 e. The smallest absolute Gasteiger partial charge is 0.393 e. The van der Waals surface area contributed by atoms with Crippen LogP contribution < -0.4 is 0 Å². The zero-order valence-corrected chi connectivity index (χ0v) is 7.06. The highest BCUT2D eigenvalue weighted by molar-refractivity contribution is 6.02. The summed E-state index contributed by atoms with van der Waals surface area (Å²) in [6, 6.07) is 0. The summed E-state index contributed by atoms with van der Waals surface area (Å²) in [5, 5.41) is 0. The fourth-order valence-electron chi connectivity index (χ4n) is 1.61. The van der Waals surface area contributed by atoms with E-state index in [1.165, 1.54) is 0 Å². The molecule has 2 fully saturated rings. The molecule has 0 amide bonds. The molecule has 2 aliphatic heterocycles. The second-order valence-electron chi connectivity index (χ2n) is 3.23. The Bertz CT molecular complexity index is 310. The second kappa shape index (κ2) is 2.90. The summed E-state index contributed by atoms with van der Waals surface area (Å²) in [7, 11) is 0. The first-order chi connectivity index (χ1) is 6.58. The number of carbonyl (C=O) groups excluding carboxylic acids is 4. The monoisotopic (exact) mass is 199 g/mol. The Morgan fingerprint density at radius 2 is 1.57 bits per heavy atom. The van der Waals surface area contributed by atoms with Gasteiger partial charge >= 0.3 is 23.9 Å². The highest BCUT2D eigenvalue weighted by Crippen LogP contribution is 2.31. The number of cyclic esters (lactones) is 4. The Balaban J connectivity index is 2.16. The third kappa shape index (κ3) is 1.28. The van der Waals surface area contributed by atoms with Crippen molar-refractivity contribution >= 4 is 23.9 Å². The quantitative estimate of drug-likeness (QED) is 0.311. The third-order valence-corrected chi connectivity index (χ3v) is 2.31. The summed E-state index contributed by atoms with van der Waals surface area (Å²) in [6.07, 6.45) is -0.191. The van der Waals surface area contributed by atoms with E-state index in [-0.39, 0.29) is 12.8 Å². The van der Waals surface area contributed by atoms with Crippen molar-refractivity contribution in [2.45, 2.75) is 12.8 Å². The van der Waals surface area contributed by atoms with Crippen molar-refractivity contribution in [3.63, 3.8) is 0 Å². The molecule has 2 rings (SSSR count). The first-order valence-electron chi connectivity index (χ1n) is 4.09. The first kappa shape index (κ1) is 8.86. The van der Waals surface area contributed by atoms with Gasteiger partial charge in [0, 0.05) is 0 Å². The minimum Gasteiger partial charge on any atom is -0.393 e. The molecule has 6 heteroatoms. The van der Waals surface area contributed by atoms with Crippen molar-refractivity contribution < 1.29 is 28.7 Å². The number of ether oxygens (including phenoxy) is 2. The molecule has 0 aromatic heterocycles. The molecule has 6 nitrogen and oxygen atoms in total. The van der Waals surface area contributed by atoms with Crippen LogP contribution in [0, 0.1) is 11.8 Å². The minimum absolute atomic E-state index is 0.0844. The molecule has 74 valence electrons. The van der Waals surface area contributed by atoms with Crippen molar-refractivity contribution in [1.29, 1.82) is 0 Å². The number of hydrogen-bond donors (Lipinski definition) is 0. The van der Waals surface area contributed by atoms with Gasteiger partial charge in [-0.3, -0.25) is 9.59 Å². The van der Waals surface area contributed by atoms with Crippen LogP contribution in [0.5, 0.6) is 0 Å². The van der Waals surface area contributed by atoms with Gasteiger partial charge < -0.3 is 9.53 Å². The summed E-state index contributed by atoms with van der Waals surface area (Å²) in [4.78, 5) is 41.8. The number of rotatable bonds is 1. The van der Waals surface area contributed by atoms with Crippen LogP contribution in [0.1, 0.15) is 12.8 Å². The van der Waals surface area contributed by atoms with E-state index >= 15 is 0 Å². The van der Waals surface area contributed by atoms with Gasteiger partial charge in [-0.15, -0.1) is 0 Å². The summed E-state index contributed by atoms with van der Waals surface area (Å²) in [5.74, 6) is -3.95. The summed E-state index contributed by atoms with van der Waals surface area (Å²) in [5.41, 5.74) is 0. The summed E-state index contributed by atoms with van der Waals surface area (Å²) < 4.78 is 8.68. The predicted molar refractivity (Wildman–Crippen MR) is 40.3 cm³/mol. The van der Waals surface area contributed by atoms with E-state index in [1.54, 1.807) is 0 Å². The van der Waals surface area contributed by atoms with Gasteiger partial charge in [-0.2, -0.15) is 0 Å². The number of carbonyl (C=O) groups is 3. The Hall–Kier alpha value is -1.72. The Labute approximate surface area is 78.2 Å². The van der Waals surface area contributed by atoms with Crippen molar-refractivity contribution in [2.75, 3.05) is 0 Å². The molecule has 2 saturated heterocycles. The van der Waals surface area contributed by atoms with Gasteiger partial charge in [0.2, 0.25) is 0 Å². The fourth-order valence-corrected chi connectivity index (χ4v) is 1.61. The second-order valence-corrected chi connectivity index (χ2v) is 3.23. The van der Waals surface area contributed by atoms with Gasteiger partial charge in [-0.05, 0) is 0 Å². The maximum atomic E-state index is 11.1. The molecule has 2 aliphatic rings. The minimum atomic E-state index is -0.783. The molecule has 2 atom stereocenters. The zero-order chi connectivity index (χ0) is 10.3. The lowest BCUT2D eigenvalue weighted by atomic mass is 9.90. The van der Waals surface area contributed by atoms with Gasteiger partial charge in [0.15, 0.2) is 0 Å². The molecular weight excluding hydrogens is 192 g/mol. The lowest BCUT2D eigenvalue weighted by molar-refractivity contribution is -0.153. The summed E-state index contributed by atoms with van der Waals surface area (Å²) in [6.45, 7) is 0. The van der Waals surface area contributed by atoms with Gasteiger partial charge in [-0.1, -0.05) is 0 Å². The Morgan fingerprint density at radius 3 is 2.00 bits per heavy atom. The van der Waals surface area contributed by atoms with Crippen LogP contribution in [0.2, 0.25) is 0 Å². The van der Waals surface area contributed by atoms with Gasteiger partial charge in [0.25, 0.3) is 0 Å². The average Bonchev–Trinajstić information content (AvgIpc) is 2.55. The Kier molecular flexibility index (Phi) is 1.83. The molecular formula is C8H7O6+. The van der Waals surface area contributed by atoms with Crippen LogP contribution in [-0.2, 0) is 23.9 Å². The molecule has 0 bridgehead atoms. The first-order valence-corrected chi connectivity index (χ1v) is 4.09. The molecule has 0 saturated carbocycles. The van der Waals surface area contributed by atoms with Crippen LogP contribution >= 0.6 is 0 Å². The third-order valence-electron chi connectivity index (χ3n) is 2.31. The molecule has 0 spiro atoms. The van der Waals surface area contributed by atoms with E-state index in [1.807, 2.05) is 0 Å². The normalized spacial score (nSPS) is 32.0. The van der Waals surface area contributed by atoms with Gasteiger partial charge in [0.1, 0.15) is 5.92 Å². The van der Waals surface area contributed by atoms with Crippen molar-refractivity contribution in [3.05, 3.63) is 0 Å². The number of hydrogen-bond acceptors (Lipinski definition) is 5. The van der Waals surface area contributed by atoms with Gasteiger partial charge in [0.05, 0.1) is 18.8 Å². The zero-order valence-electron chi connectivity index (χ0n) is 7.06. The lowest BCUT2D eigenvalue weighted by Crippen LogP contribution is -2.23. The van der Waals surface area contributed by atoms with Crippen LogP contribution in [0.4, 0.5) is 0 Å². The van der Waals surface area contributed by atoms with E-state index in [0.29, 0.717) is 0 Å². The van der Waals surface area contributed by atoms with Crippen LogP contribution in [0.25, 0.3) is 0 Å². The predicted octanol–water partition coefficient (Wildman–Crippen LogP) is -0.858. The number of esters is 4. The largest absolute Gasteiger partial charge is 0.496 e. The molecule has 14 heavy (non-hydrogen) atoms. The van der Waals surface area contributed by atoms with Crippen LogP contribution in [0.3, 0.4) is 0 Å². The highest BCUT2D eigenvalue weighted by atomic mass is 16.6. The molecule has 2 heterocycles. The van der Waals surface area contributed by atoms with E-state index in [4.69, 9.17) is 0 Å². The molecule has 0 aromatic rings. The standard InChI is InChI=1S/C8H6O6/c9-5-1-3(7(11)13-5)4-2-6(10)14-8(4)12/h3-4H,1-2H2/p+1. The molecule has 0 aromatic carbocycles. The van der Waals surface area contributed by atoms with Crippen LogP contribution in [-0.4, -0.2) is 28.7 Å². The van der Waals surface area contributed by atoms with Gasteiger partial charge in [-0.25, -0.2) is 9.53 Å². The molecule has 2 unspecified atom stereocenters. The molecule has 0 aliphatic carbocycles. The molecule has 1 N–H and O–H groups in total.